The molecular formula is C26H31N3O5S. The number of ether oxygens (including phenoxy) is 2. The number of rotatable bonds is 5. The standard InChI is InChI=1S/C26H31N3O5S/c1-5-24(30)29-17(2)10-19-11-22(33-3)23(34-4)12-21(19)25(27-29)18-6-8-20(9-7-18)28-13-26(14-28)15-35(31,32)16-26/h6-9,11-12,17H,5,10,13-16H2,1-4H3. The quantitative estimate of drug-likeness (QED) is 0.631. The number of hydrogen-bond acceptors (Lipinski definition) is 7. The minimum absolute atomic E-state index is 0.0281. The van der Waals surface area contributed by atoms with Crippen LogP contribution in [-0.2, 0) is 21.1 Å². The fraction of sp³-hybridized carbons (Fsp3) is 0.462. The molecule has 2 aromatic rings. The third kappa shape index (κ3) is 4.16. The number of methoxy groups -OCH3 is 2. The van der Waals surface area contributed by atoms with Crippen molar-refractivity contribution >= 4 is 27.1 Å². The topological polar surface area (TPSA) is 88.5 Å². The number of nitrogens with zero attached hydrogens (tertiary/aromatic N) is 3. The number of carbonyl (C=O) groups excluding carboxylic acids is 1. The van der Waals surface area contributed by atoms with Crippen LogP contribution in [0.3, 0.4) is 0 Å². The van der Waals surface area contributed by atoms with E-state index in [0.29, 0.717) is 41.6 Å². The average Bonchev–Trinajstić information content (AvgIpc) is 2.95. The van der Waals surface area contributed by atoms with Gasteiger partial charge in [0.2, 0.25) is 5.91 Å². The van der Waals surface area contributed by atoms with Gasteiger partial charge in [0.15, 0.2) is 21.3 Å². The molecule has 1 amide bonds. The monoisotopic (exact) mass is 497 g/mol. The zero-order chi connectivity index (χ0) is 25.0. The zero-order valence-electron chi connectivity index (χ0n) is 20.6. The molecule has 1 atom stereocenters. The van der Waals surface area contributed by atoms with Gasteiger partial charge in [0.05, 0.1) is 37.5 Å². The molecule has 0 saturated carbocycles. The summed E-state index contributed by atoms with van der Waals surface area (Å²) < 4.78 is 34.3. The van der Waals surface area contributed by atoms with Crippen molar-refractivity contribution in [2.45, 2.75) is 32.7 Å². The van der Waals surface area contributed by atoms with Crippen molar-refractivity contribution in [1.82, 2.24) is 5.01 Å². The second-order valence-corrected chi connectivity index (χ2v) is 12.0. The van der Waals surface area contributed by atoms with Gasteiger partial charge in [-0.3, -0.25) is 4.79 Å². The van der Waals surface area contributed by atoms with Crippen LogP contribution >= 0.6 is 0 Å². The van der Waals surface area contributed by atoms with Crippen LogP contribution in [0, 0.1) is 5.41 Å². The maximum atomic E-state index is 12.8. The van der Waals surface area contributed by atoms with Gasteiger partial charge in [-0.05, 0) is 43.2 Å². The molecule has 0 bridgehead atoms. The molecule has 0 aromatic heterocycles. The van der Waals surface area contributed by atoms with E-state index in [2.05, 4.69) is 4.90 Å². The largest absolute Gasteiger partial charge is 0.493 e. The summed E-state index contributed by atoms with van der Waals surface area (Å²) in [4.78, 5) is 15.0. The highest BCUT2D eigenvalue weighted by Crippen LogP contribution is 2.43. The Morgan fingerprint density at radius 3 is 2.29 bits per heavy atom. The molecule has 0 aliphatic carbocycles. The molecular weight excluding hydrogens is 466 g/mol. The molecule has 3 aliphatic heterocycles. The fourth-order valence-electron chi connectivity index (χ4n) is 5.50. The van der Waals surface area contributed by atoms with Crippen LogP contribution in [0.15, 0.2) is 41.5 Å². The molecule has 3 aliphatic rings. The van der Waals surface area contributed by atoms with Gasteiger partial charge in [0.25, 0.3) is 0 Å². The van der Waals surface area contributed by atoms with Crippen molar-refractivity contribution in [1.29, 1.82) is 0 Å². The van der Waals surface area contributed by atoms with Gasteiger partial charge < -0.3 is 14.4 Å². The van der Waals surface area contributed by atoms with E-state index in [4.69, 9.17) is 14.6 Å². The summed E-state index contributed by atoms with van der Waals surface area (Å²) in [6, 6.07) is 11.9. The van der Waals surface area contributed by atoms with E-state index in [1.807, 2.05) is 50.2 Å². The highest BCUT2D eigenvalue weighted by Gasteiger charge is 2.55. The van der Waals surface area contributed by atoms with E-state index in [1.165, 1.54) is 0 Å². The number of amides is 1. The molecule has 0 N–H and O–H groups in total. The first-order chi connectivity index (χ1) is 16.7. The maximum Gasteiger partial charge on any atom is 0.242 e. The normalized spacial score (nSPS) is 21.8. The van der Waals surface area contributed by atoms with Gasteiger partial charge in [-0.25, -0.2) is 13.4 Å². The Balaban J connectivity index is 1.49. The summed E-state index contributed by atoms with van der Waals surface area (Å²) in [5, 5.41) is 6.46. The second kappa shape index (κ2) is 8.55. The van der Waals surface area contributed by atoms with E-state index in [9.17, 15) is 13.2 Å². The van der Waals surface area contributed by atoms with Crippen molar-refractivity contribution < 1.29 is 22.7 Å². The van der Waals surface area contributed by atoms with Gasteiger partial charge in [-0.1, -0.05) is 19.1 Å². The molecule has 35 heavy (non-hydrogen) atoms. The number of sulfone groups is 1. The van der Waals surface area contributed by atoms with E-state index in [0.717, 1.165) is 35.5 Å². The molecule has 1 unspecified atom stereocenters. The average molecular weight is 498 g/mol. The summed E-state index contributed by atoms with van der Waals surface area (Å²) in [5.74, 6) is 1.83. The fourth-order valence-corrected chi connectivity index (χ4v) is 7.65. The van der Waals surface area contributed by atoms with Gasteiger partial charge in [0.1, 0.15) is 0 Å². The van der Waals surface area contributed by atoms with E-state index >= 15 is 0 Å². The van der Waals surface area contributed by atoms with Crippen LogP contribution in [0.25, 0.3) is 0 Å². The van der Waals surface area contributed by atoms with Crippen molar-refractivity contribution in [3.63, 3.8) is 0 Å². The third-order valence-corrected chi connectivity index (χ3v) is 9.28. The molecule has 2 fully saturated rings. The molecule has 9 heteroatoms. The number of fused-ring (bicyclic) bond motifs is 1. The second-order valence-electron chi connectivity index (χ2n) is 9.89. The molecule has 8 nitrogen and oxygen atoms in total. The first-order valence-electron chi connectivity index (χ1n) is 11.9. The molecule has 2 saturated heterocycles. The predicted octanol–water partition coefficient (Wildman–Crippen LogP) is 2.87. The molecule has 0 radical (unpaired) electrons. The third-order valence-electron chi connectivity index (χ3n) is 7.17. The van der Waals surface area contributed by atoms with Gasteiger partial charge in [0, 0.05) is 41.7 Å². The van der Waals surface area contributed by atoms with Crippen LogP contribution in [0.2, 0.25) is 0 Å². The SMILES string of the molecule is CCC(=O)N1N=C(c2ccc(N3CC4(C3)CS(=O)(=O)C4)cc2)c2cc(OC)c(OC)cc2CC1C. The van der Waals surface area contributed by atoms with Crippen LogP contribution in [0.5, 0.6) is 11.5 Å². The Kier molecular flexibility index (Phi) is 5.78. The highest BCUT2D eigenvalue weighted by atomic mass is 32.2. The smallest absolute Gasteiger partial charge is 0.242 e. The maximum absolute atomic E-state index is 12.8. The number of benzene rings is 2. The minimum atomic E-state index is -2.83. The summed E-state index contributed by atoms with van der Waals surface area (Å²) in [6.07, 6.45) is 1.01. The Hall–Kier alpha value is -3.07. The minimum Gasteiger partial charge on any atom is -0.493 e. The lowest BCUT2D eigenvalue weighted by Gasteiger charge is -2.55. The summed E-state index contributed by atoms with van der Waals surface area (Å²) in [5.41, 5.74) is 4.56. The lowest BCUT2D eigenvalue weighted by atomic mass is 9.82. The van der Waals surface area contributed by atoms with E-state index in [-0.39, 0.29) is 17.4 Å². The summed E-state index contributed by atoms with van der Waals surface area (Å²) in [6.45, 7) is 5.38. The van der Waals surface area contributed by atoms with Crippen molar-refractivity contribution in [2.75, 3.05) is 43.7 Å². The van der Waals surface area contributed by atoms with Gasteiger partial charge in [-0.2, -0.15) is 5.10 Å². The Morgan fingerprint density at radius 1 is 1.09 bits per heavy atom. The van der Waals surface area contributed by atoms with Crippen molar-refractivity contribution in [3.05, 3.63) is 53.1 Å². The van der Waals surface area contributed by atoms with Crippen molar-refractivity contribution in [3.8, 4) is 11.5 Å². The number of hydrazone groups is 1. The van der Waals surface area contributed by atoms with Crippen molar-refractivity contribution in [2.24, 2.45) is 10.5 Å². The van der Waals surface area contributed by atoms with E-state index in [1.54, 1.807) is 19.2 Å². The molecule has 3 heterocycles. The first kappa shape index (κ1) is 23.7. The number of anilines is 1. The van der Waals surface area contributed by atoms with E-state index < -0.39 is 9.84 Å². The molecule has 1 spiro atoms. The summed E-state index contributed by atoms with van der Waals surface area (Å²) >= 11 is 0. The lowest BCUT2D eigenvalue weighted by molar-refractivity contribution is -0.132. The first-order valence-corrected chi connectivity index (χ1v) is 13.7. The Morgan fingerprint density at radius 2 is 1.71 bits per heavy atom. The highest BCUT2D eigenvalue weighted by molar-refractivity contribution is 7.92. The van der Waals surface area contributed by atoms with Crippen LogP contribution in [0.1, 0.15) is 37.0 Å². The number of carbonyl (C=O) groups is 1. The van der Waals surface area contributed by atoms with Crippen LogP contribution in [-0.4, -0.2) is 69.9 Å². The van der Waals surface area contributed by atoms with Gasteiger partial charge in [-0.15, -0.1) is 0 Å². The van der Waals surface area contributed by atoms with Crippen LogP contribution in [0.4, 0.5) is 5.69 Å². The molecule has 5 rings (SSSR count). The van der Waals surface area contributed by atoms with Crippen LogP contribution < -0.4 is 14.4 Å². The molecule has 186 valence electrons. The zero-order valence-corrected chi connectivity index (χ0v) is 21.4. The Labute approximate surface area is 206 Å². The lowest BCUT2D eigenvalue weighted by Crippen LogP contribution is -2.68. The predicted molar refractivity (Wildman–Crippen MR) is 135 cm³/mol. The Bertz CT molecular complexity index is 1280. The molecule has 2 aromatic carbocycles. The number of hydrogen-bond donors (Lipinski definition) is 0. The summed E-state index contributed by atoms with van der Waals surface area (Å²) in [7, 11) is 0.389. The van der Waals surface area contributed by atoms with Gasteiger partial charge >= 0.3 is 0 Å².